The second-order valence-electron chi connectivity index (χ2n) is 8.04. The van der Waals surface area contributed by atoms with E-state index < -0.39 is 0 Å². The molecule has 1 aliphatic heterocycles. The highest BCUT2D eigenvalue weighted by Gasteiger charge is 2.41. The number of aliphatic imine (C=N–C) groups is 1. The van der Waals surface area contributed by atoms with Gasteiger partial charge in [-0.1, -0.05) is 12.8 Å². The summed E-state index contributed by atoms with van der Waals surface area (Å²) in [4.78, 5) is 11.3. The molecule has 0 unspecified atom stereocenters. The molecule has 26 heavy (non-hydrogen) atoms. The van der Waals surface area contributed by atoms with E-state index in [-0.39, 0.29) is 24.0 Å². The van der Waals surface area contributed by atoms with Crippen molar-refractivity contribution in [3.05, 3.63) is 23.9 Å². The van der Waals surface area contributed by atoms with Crippen molar-refractivity contribution in [1.82, 2.24) is 15.2 Å². The van der Waals surface area contributed by atoms with Crippen LogP contribution in [0.25, 0.3) is 0 Å². The number of halogens is 1. The highest BCUT2D eigenvalue weighted by atomic mass is 127. The molecule has 2 aliphatic carbocycles. The summed E-state index contributed by atoms with van der Waals surface area (Å²) < 4.78 is 5.79. The molecule has 0 aromatic carbocycles. The summed E-state index contributed by atoms with van der Waals surface area (Å²) in [6.45, 7) is 3.87. The Bertz CT molecular complexity index is 626. The van der Waals surface area contributed by atoms with Gasteiger partial charge in [0.1, 0.15) is 0 Å². The molecular formula is C20H31IN4O. The normalized spacial score (nSPS) is 21.7. The quantitative estimate of drug-likeness (QED) is 0.404. The van der Waals surface area contributed by atoms with Gasteiger partial charge >= 0.3 is 0 Å². The molecular weight excluding hydrogens is 439 g/mol. The van der Waals surface area contributed by atoms with Crippen LogP contribution in [0.4, 0.5) is 0 Å². The number of likely N-dealkylation sites (tertiary alicyclic amines) is 1. The minimum Gasteiger partial charge on any atom is -0.477 e. The number of nitrogens with one attached hydrogen (secondary N) is 1. The highest BCUT2D eigenvalue weighted by Crippen LogP contribution is 2.45. The highest BCUT2D eigenvalue weighted by molar-refractivity contribution is 14.0. The van der Waals surface area contributed by atoms with Gasteiger partial charge in [-0.3, -0.25) is 4.99 Å². The van der Waals surface area contributed by atoms with E-state index in [1.54, 1.807) is 0 Å². The zero-order chi connectivity index (χ0) is 17.1. The van der Waals surface area contributed by atoms with Crippen LogP contribution in [0.15, 0.2) is 23.3 Å². The van der Waals surface area contributed by atoms with Crippen molar-refractivity contribution >= 4 is 29.9 Å². The van der Waals surface area contributed by atoms with E-state index >= 15 is 0 Å². The third kappa shape index (κ3) is 4.81. The zero-order valence-electron chi connectivity index (χ0n) is 15.7. The average molecular weight is 470 g/mol. The summed E-state index contributed by atoms with van der Waals surface area (Å²) in [6.07, 6.45) is 11.4. The SMILES string of the molecule is CN=C(NCc1ccnc(OCC2CC2)c1)N1CCC2(CCCC2)C1.I. The van der Waals surface area contributed by atoms with Gasteiger partial charge in [0.2, 0.25) is 5.88 Å². The molecule has 1 aromatic heterocycles. The number of rotatable bonds is 5. The fourth-order valence-electron chi connectivity index (χ4n) is 4.29. The first-order valence-electron chi connectivity index (χ1n) is 9.80. The Morgan fingerprint density at radius 3 is 2.88 bits per heavy atom. The smallest absolute Gasteiger partial charge is 0.213 e. The largest absolute Gasteiger partial charge is 0.477 e. The number of pyridine rings is 1. The van der Waals surface area contributed by atoms with Gasteiger partial charge in [0.25, 0.3) is 0 Å². The van der Waals surface area contributed by atoms with Gasteiger partial charge in [-0.05, 0) is 55.1 Å². The van der Waals surface area contributed by atoms with Gasteiger partial charge < -0.3 is 15.0 Å². The molecule has 0 amide bonds. The Kier molecular flexibility index (Phi) is 6.64. The molecule has 0 bridgehead atoms. The number of guanidine groups is 1. The predicted molar refractivity (Wildman–Crippen MR) is 115 cm³/mol. The lowest BCUT2D eigenvalue weighted by Gasteiger charge is -2.26. The minimum atomic E-state index is 0. The number of hydrogen-bond donors (Lipinski definition) is 1. The summed E-state index contributed by atoms with van der Waals surface area (Å²) in [5.41, 5.74) is 1.76. The molecule has 2 saturated carbocycles. The Morgan fingerprint density at radius 2 is 2.15 bits per heavy atom. The second kappa shape index (κ2) is 8.76. The van der Waals surface area contributed by atoms with Gasteiger partial charge in [-0.15, -0.1) is 24.0 Å². The molecule has 0 atom stereocenters. The van der Waals surface area contributed by atoms with E-state index in [2.05, 4.69) is 20.2 Å². The van der Waals surface area contributed by atoms with E-state index in [1.807, 2.05) is 25.4 Å². The van der Waals surface area contributed by atoms with Crippen molar-refractivity contribution in [3.8, 4) is 5.88 Å². The van der Waals surface area contributed by atoms with Crippen LogP contribution in [0.2, 0.25) is 0 Å². The Balaban J connectivity index is 0.00000196. The van der Waals surface area contributed by atoms with Gasteiger partial charge in [0, 0.05) is 38.9 Å². The van der Waals surface area contributed by atoms with Crippen LogP contribution in [0.3, 0.4) is 0 Å². The van der Waals surface area contributed by atoms with Crippen molar-refractivity contribution in [2.75, 3.05) is 26.7 Å². The topological polar surface area (TPSA) is 49.8 Å². The van der Waals surface area contributed by atoms with Crippen LogP contribution in [0.5, 0.6) is 5.88 Å². The van der Waals surface area contributed by atoms with Crippen LogP contribution in [-0.4, -0.2) is 42.6 Å². The molecule has 5 nitrogen and oxygen atoms in total. The Morgan fingerprint density at radius 1 is 1.35 bits per heavy atom. The second-order valence-corrected chi connectivity index (χ2v) is 8.04. The summed E-state index contributed by atoms with van der Waals surface area (Å²) in [5.74, 6) is 2.52. The molecule has 144 valence electrons. The zero-order valence-corrected chi connectivity index (χ0v) is 18.1. The van der Waals surface area contributed by atoms with Crippen LogP contribution in [0, 0.1) is 11.3 Å². The molecule has 1 spiro atoms. The van der Waals surface area contributed by atoms with E-state index in [0.29, 0.717) is 5.41 Å². The predicted octanol–water partition coefficient (Wildman–Crippen LogP) is 3.83. The summed E-state index contributed by atoms with van der Waals surface area (Å²) >= 11 is 0. The lowest BCUT2D eigenvalue weighted by molar-refractivity contribution is 0.288. The number of aromatic nitrogens is 1. The monoisotopic (exact) mass is 470 g/mol. The van der Waals surface area contributed by atoms with E-state index in [9.17, 15) is 0 Å². The van der Waals surface area contributed by atoms with Crippen LogP contribution >= 0.6 is 24.0 Å². The van der Waals surface area contributed by atoms with Gasteiger partial charge in [-0.2, -0.15) is 0 Å². The fourth-order valence-corrected chi connectivity index (χ4v) is 4.29. The van der Waals surface area contributed by atoms with Crippen molar-refractivity contribution < 1.29 is 4.74 Å². The van der Waals surface area contributed by atoms with Crippen molar-refractivity contribution in [1.29, 1.82) is 0 Å². The maximum absolute atomic E-state index is 5.79. The molecule has 0 radical (unpaired) electrons. The molecule has 1 N–H and O–H groups in total. The van der Waals surface area contributed by atoms with Crippen molar-refractivity contribution in [2.45, 2.75) is 51.5 Å². The van der Waals surface area contributed by atoms with Crippen LogP contribution < -0.4 is 10.1 Å². The van der Waals surface area contributed by atoms with Gasteiger partial charge in [0.05, 0.1) is 6.61 Å². The molecule has 3 aliphatic rings. The first-order valence-corrected chi connectivity index (χ1v) is 9.80. The number of hydrogen-bond acceptors (Lipinski definition) is 3. The lowest BCUT2D eigenvalue weighted by Crippen LogP contribution is -2.40. The molecule has 4 rings (SSSR count). The van der Waals surface area contributed by atoms with E-state index in [0.717, 1.165) is 37.5 Å². The summed E-state index contributed by atoms with van der Waals surface area (Å²) in [5, 5.41) is 3.53. The average Bonchev–Trinajstić information content (AvgIpc) is 3.22. The third-order valence-corrected chi connectivity index (χ3v) is 6.03. The van der Waals surface area contributed by atoms with Gasteiger partial charge in [0.15, 0.2) is 5.96 Å². The molecule has 3 fully saturated rings. The summed E-state index contributed by atoms with van der Waals surface area (Å²) in [6, 6.07) is 4.10. The van der Waals surface area contributed by atoms with Crippen LogP contribution in [0.1, 0.15) is 50.5 Å². The Hall–Kier alpha value is -1.05. The molecule has 2 heterocycles. The fraction of sp³-hybridized carbons (Fsp3) is 0.700. The van der Waals surface area contributed by atoms with Crippen LogP contribution in [-0.2, 0) is 6.54 Å². The third-order valence-electron chi connectivity index (χ3n) is 6.03. The molecule has 1 saturated heterocycles. The molecule has 1 aromatic rings. The molecule has 6 heteroatoms. The number of ether oxygens (including phenoxy) is 1. The first kappa shape index (κ1) is 19.7. The van der Waals surface area contributed by atoms with Crippen molar-refractivity contribution in [3.63, 3.8) is 0 Å². The lowest BCUT2D eigenvalue weighted by atomic mass is 9.86. The van der Waals surface area contributed by atoms with Crippen molar-refractivity contribution in [2.24, 2.45) is 16.3 Å². The van der Waals surface area contributed by atoms with Gasteiger partial charge in [-0.25, -0.2) is 4.98 Å². The maximum Gasteiger partial charge on any atom is 0.213 e. The minimum absolute atomic E-state index is 0. The standard InChI is InChI=1S/C20H30N4O.HI/c1-21-19(24-11-9-20(15-24)7-2-3-8-20)23-13-17-6-10-22-18(12-17)25-14-16-4-5-16;/h6,10,12,16H,2-5,7-9,11,13-15H2,1H3,(H,21,23);1H. The maximum atomic E-state index is 5.79. The van der Waals surface area contributed by atoms with E-state index in [4.69, 9.17) is 4.74 Å². The Labute approximate surface area is 174 Å². The summed E-state index contributed by atoms with van der Waals surface area (Å²) in [7, 11) is 1.89. The first-order chi connectivity index (χ1) is 12.3. The number of nitrogens with zero attached hydrogens (tertiary/aromatic N) is 3. The van der Waals surface area contributed by atoms with E-state index in [1.165, 1.54) is 57.1 Å².